The van der Waals surface area contributed by atoms with E-state index in [4.69, 9.17) is 5.73 Å². The van der Waals surface area contributed by atoms with Gasteiger partial charge in [-0.1, -0.05) is 48.0 Å². The van der Waals surface area contributed by atoms with E-state index in [1.54, 1.807) is 37.3 Å². The highest BCUT2D eigenvalue weighted by molar-refractivity contribution is 5.83. The van der Waals surface area contributed by atoms with Crippen molar-refractivity contribution in [1.82, 2.24) is 5.32 Å². The molecule has 2 atom stereocenters. The van der Waals surface area contributed by atoms with Crippen LogP contribution in [0.1, 0.15) is 35.7 Å². The highest BCUT2D eigenvalue weighted by Crippen LogP contribution is 2.26. The number of rotatable bonds is 6. The molecule has 0 spiro atoms. The number of halogens is 2. The monoisotopic (exact) mass is 334 g/mol. The summed E-state index contributed by atoms with van der Waals surface area (Å²) in [5.74, 6) is -0.359. The molecule has 0 aromatic heterocycles. The first-order valence-electron chi connectivity index (χ1n) is 7.54. The zero-order valence-electron chi connectivity index (χ0n) is 13.5. The summed E-state index contributed by atoms with van der Waals surface area (Å²) in [6, 6.07) is 12.3. The van der Waals surface area contributed by atoms with E-state index >= 15 is 0 Å². The normalized spacial score (nSPS) is 13.4. The molecule has 0 aliphatic rings. The van der Waals surface area contributed by atoms with Gasteiger partial charge >= 0.3 is 6.61 Å². The number of ether oxygens (including phenoxy) is 1. The summed E-state index contributed by atoms with van der Waals surface area (Å²) in [4.78, 5) is 12.3. The van der Waals surface area contributed by atoms with Crippen LogP contribution in [0.5, 0.6) is 5.75 Å². The molecule has 2 unspecified atom stereocenters. The maximum Gasteiger partial charge on any atom is 0.387 e. The Morgan fingerprint density at radius 1 is 1.12 bits per heavy atom. The maximum atomic E-state index is 12.5. The molecule has 0 aliphatic carbocycles. The van der Waals surface area contributed by atoms with Crippen LogP contribution < -0.4 is 15.8 Å². The van der Waals surface area contributed by atoms with Crippen molar-refractivity contribution in [2.24, 2.45) is 5.73 Å². The molecule has 0 fully saturated rings. The fourth-order valence-electron chi connectivity index (χ4n) is 2.35. The first-order chi connectivity index (χ1) is 11.4. The van der Waals surface area contributed by atoms with Crippen LogP contribution in [0.2, 0.25) is 0 Å². The van der Waals surface area contributed by atoms with Gasteiger partial charge in [-0.15, -0.1) is 0 Å². The van der Waals surface area contributed by atoms with Gasteiger partial charge in [0.15, 0.2) is 0 Å². The number of nitrogens with two attached hydrogens (primary N) is 1. The summed E-state index contributed by atoms with van der Waals surface area (Å²) in [6.07, 6.45) is 0. The Bertz CT molecular complexity index is 690. The summed E-state index contributed by atoms with van der Waals surface area (Å²) in [5, 5.41) is 2.73. The molecule has 128 valence electrons. The quantitative estimate of drug-likeness (QED) is 0.850. The minimum absolute atomic E-state index is 0.0317. The number of benzene rings is 2. The van der Waals surface area contributed by atoms with Crippen LogP contribution in [-0.2, 0) is 4.79 Å². The molecule has 24 heavy (non-hydrogen) atoms. The summed E-state index contributed by atoms with van der Waals surface area (Å²) in [7, 11) is 0. The lowest BCUT2D eigenvalue weighted by Crippen LogP contribution is -2.35. The molecule has 3 N–H and O–H groups in total. The minimum atomic E-state index is -2.93. The zero-order valence-corrected chi connectivity index (χ0v) is 13.5. The van der Waals surface area contributed by atoms with E-state index in [9.17, 15) is 13.6 Å². The molecule has 0 radical (unpaired) electrons. The molecule has 0 bridgehead atoms. The topological polar surface area (TPSA) is 64.4 Å². The van der Waals surface area contributed by atoms with Crippen molar-refractivity contribution >= 4 is 5.91 Å². The summed E-state index contributed by atoms with van der Waals surface area (Å²) in [5.41, 5.74) is 8.18. The van der Waals surface area contributed by atoms with E-state index in [1.165, 1.54) is 6.07 Å². The van der Waals surface area contributed by atoms with Crippen LogP contribution in [0.15, 0.2) is 48.5 Å². The van der Waals surface area contributed by atoms with Gasteiger partial charge in [0.25, 0.3) is 0 Å². The number of carbonyl (C=O) groups excluding carboxylic acids is 1. The molecule has 4 nitrogen and oxygen atoms in total. The summed E-state index contributed by atoms with van der Waals surface area (Å²) < 4.78 is 29.4. The van der Waals surface area contributed by atoms with Crippen molar-refractivity contribution in [3.63, 3.8) is 0 Å². The number of nitrogens with one attached hydrogen (secondary N) is 1. The van der Waals surface area contributed by atoms with Gasteiger partial charge in [0, 0.05) is 5.56 Å². The van der Waals surface area contributed by atoms with Crippen molar-refractivity contribution in [2.75, 3.05) is 0 Å². The molecule has 0 aliphatic heterocycles. The summed E-state index contributed by atoms with van der Waals surface area (Å²) in [6.45, 7) is 0.703. The molecule has 0 saturated heterocycles. The van der Waals surface area contributed by atoms with E-state index in [2.05, 4.69) is 10.1 Å². The SMILES string of the molecule is Cc1ccc(C(N)C(=O)NC(C)c2ccccc2OC(F)F)cc1. The van der Waals surface area contributed by atoms with E-state index in [1.807, 2.05) is 19.1 Å². The Morgan fingerprint density at radius 3 is 2.38 bits per heavy atom. The van der Waals surface area contributed by atoms with Gasteiger partial charge in [0.2, 0.25) is 5.91 Å². The summed E-state index contributed by atoms with van der Waals surface area (Å²) >= 11 is 0. The fraction of sp³-hybridized carbons (Fsp3) is 0.278. The van der Waals surface area contributed by atoms with Gasteiger partial charge in [-0.2, -0.15) is 8.78 Å². The van der Waals surface area contributed by atoms with Crippen molar-refractivity contribution in [3.8, 4) is 5.75 Å². The number of amides is 1. The predicted molar refractivity (Wildman–Crippen MR) is 87.7 cm³/mol. The van der Waals surface area contributed by atoms with E-state index in [0.29, 0.717) is 11.1 Å². The van der Waals surface area contributed by atoms with Crippen molar-refractivity contribution in [1.29, 1.82) is 0 Å². The van der Waals surface area contributed by atoms with E-state index in [0.717, 1.165) is 5.56 Å². The number of hydrogen-bond donors (Lipinski definition) is 2. The maximum absolute atomic E-state index is 12.5. The zero-order chi connectivity index (χ0) is 17.7. The number of carbonyl (C=O) groups is 1. The van der Waals surface area contributed by atoms with Gasteiger partial charge in [-0.05, 0) is 25.5 Å². The smallest absolute Gasteiger partial charge is 0.387 e. The van der Waals surface area contributed by atoms with Gasteiger partial charge in [-0.3, -0.25) is 4.79 Å². The van der Waals surface area contributed by atoms with Crippen molar-refractivity contribution < 1.29 is 18.3 Å². The minimum Gasteiger partial charge on any atom is -0.434 e. The Labute approximate surface area is 139 Å². The van der Waals surface area contributed by atoms with Crippen LogP contribution in [0, 0.1) is 6.92 Å². The van der Waals surface area contributed by atoms with Crippen LogP contribution in [-0.4, -0.2) is 12.5 Å². The number of para-hydroxylation sites is 1. The van der Waals surface area contributed by atoms with Crippen LogP contribution >= 0.6 is 0 Å². The Morgan fingerprint density at radius 2 is 1.75 bits per heavy atom. The molecule has 2 aromatic rings. The highest BCUT2D eigenvalue weighted by atomic mass is 19.3. The highest BCUT2D eigenvalue weighted by Gasteiger charge is 2.20. The number of alkyl halides is 2. The Kier molecular flexibility index (Phi) is 5.87. The van der Waals surface area contributed by atoms with Crippen LogP contribution in [0.3, 0.4) is 0 Å². The van der Waals surface area contributed by atoms with Gasteiger partial charge in [-0.25, -0.2) is 0 Å². The fourth-order valence-corrected chi connectivity index (χ4v) is 2.35. The second-order valence-corrected chi connectivity index (χ2v) is 5.53. The first kappa shape index (κ1) is 17.9. The van der Waals surface area contributed by atoms with Crippen LogP contribution in [0.4, 0.5) is 8.78 Å². The molecule has 0 heterocycles. The molecule has 2 aromatic carbocycles. The van der Waals surface area contributed by atoms with Crippen molar-refractivity contribution in [3.05, 3.63) is 65.2 Å². The molecular weight excluding hydrogens is 314 g/mol. The third kappa shape index (κ3) is 4.52. The number of hydrogen-bond acceptors (Lipinski definition) is 3. The van der Waals surface area contributed by atoms with Gasteiger partial charge in [0.1, 0.15) is 11.8 Å². The van der Waals surface area contributed by atoms with E-state index in [-0.39, 0.29) is 5.75 Å². The predicted octanol–water partition coefficient (Wildman–Crippen LogP) is 3.47. The Balaban J connectivity index is 2.10. The van der Waals surface area contributed by atoms with Crippen LogP contribution in [0.25, 0.3) is 0 Å². The first-order valence-corrected chi connectivity index (χ1v) is 7.54. The molecular formula is C18H20F2N2O2. The van der Waals surface area contributed by atoms with E-state index < -0.39 is 24.6 Å². The third-order valence-corrected chi connectivity index (χ3v) is 3.68. The molecule has 2 rings (SSSR count). The third-order valence-electron chi connectivity index (χ3n) is 3.68. The van der Waals surface area contributed by atoms with Gasteiger partial charge in [0.05, 0.1) is 6.04 Å². The number of aryl methyl sites for hydroxylation is 1. The second kappa shape index (κ2) is 7.88. The second-order valence-electron chi connectivity index (χ2n) is 5.53. The lowest BCUT2D eigenvalue weighted by molar-refractivity contribution is -0.123. The lowest BCUT2D eigenvalue weighted by atomic mass is 10.0. The largest absolute Gasteiger partial charge is 0.434 e. The average molecular weight is 334 g/mol. The lowest BCUT2D eigenvalue weighted by Gasteiger charge is -2.20. The Hall–Kier alpha value is -2.47. The van der Waals surface area contributed by atoms with Crippen molar-refractivity contribution in [2.45, 2.75) is 32.5 Å². The standard InChI is InChI=1S/C18H20F2N2O2/c1-11-7-9-13(10-8-11)16(21)17(23)22-12(2)14-5-3-4-6-15(14)24-18(19)20/h3-10,12,16,18H,21H2,1-2H3,(H,22,23). The molecule has 0 saturated carbocycles. The molecule has 1 amide bonds. The average Bonchev–Trinajstić information content (AvgIpc) is 2.54. The van der Waals surface area contributed by atoms with Gasteiger partial charge < -0.3 is 15.8 Å². The molecule has 6 heteroatoms.